The average Bonchev–Trinajstić information content (AvgIpc) is 2.81. The zero-order chi connectivity index (χ0) is 22.7. The fourth-order valence-electron chi connectivity index (χ4n) is 4.62. The summed E-state index contributed by atoms with van der Waals surface area (Å²) < 4.78 is 14.2. The molecule has 1 amide bonds. The first-order valence-corrected chi connectivity index (χ1v) is 11.0. The average molecular weight is 442 g/mol. The van der Waals surface area contributed by atoms with Crippen LogP contribution in [0.3, 0.4) is 0 Å². The molecule has 0 aliphatic carbocycles. The van der Waals surface area contributed by atoms with E-state index in [1.54, 1.807) is 4.90 Å². The quantitative estimate of drug-likeness (QED) is 0.524. The third-order valence-corrected chi connectivity index (χ3v) is 6.43. The van der Waals surface area contributed by atoms with Crippen LogP contribution in [0.1, 0.15) is 28.8 Å². The van der Waals surface area contributed by atoms with E-state index in [4.69, 9.17) is 0 Å². The van der Waals surface area contributed by atoms with Gasteiger partial charge in [-0.3, -0.25) is 19.8 Å². The van der Waals surface area contributed by atoms with Crippen molar-refractivity contribution >= 4 is 17.4 Å². The molecular formula is C23H28FN5O3. The normalized spacial score (nSPS) is 19.8. The lowest BCUT2D eigenvalue weighted by molar-refractivity contribution is -0.385. The van der Waals surface area contributed by atoms with E-state index in [9.17, 15) is 19.3 Å². The minimum atomic E-state index is -0.720. The Bertz CT molecular complexity index is 979. The molecule has 170 valence electrons. The number of pyridine rings is 1. The number of carbonyl (C=O) groups excluding carboxylic acids is 1. The topological polar surface area (TPSA) is 82.8 Å². The fourth-order valence-corrected chi connectivity index (χ4v) is 4.62. The van der Waals surface area contributed by atoms with Crippen LogP contribution in [-0.2, 0) is 0 Å². The smallest absolute Gasteiger partial charge is 0.276 e. The van der Waals surface area contributed by atoms with E-state index >= 15 is 0 Å². The molecule has 1 aromatic carbocycles. The zero-order valence-electron chi connectivity index (χ0n) is 18.2. The van der Waals surface area contributed by atoms with Crippen molar-refractivity contribution in [3.05, 3.63) is 63.6 Å². The summed E-state index contributed by atoms with van der Waals surface area (Å²) in [7, 11) is 0. The zero-order valence-corrected chi connectivity index (χ0v) is 18.2. The van der Waals surface area contributed by atoms with Crippen LogP contribution >= 0.6 is 0 Å². The molecule has 0 bridgehead atoms. The number of nitro groups is 1. The van der Waals surface area contributed by atoms with Gasteiger partial charge in [-0.05, 0) is 43.9 Å². The maximum absolute atomic E-state index is 14.2. The molecule has 2 aliphatic heterocycles. The molecule has 3 heterocycles. The molecule has 2 saturated heterocycles. The number of carbonyl (C=O) groups is 1. The molecule has 0 radical (unpaired) electrons. The fraction of sp³-hybridized carbons (Fsp3) is 0.478. The van der Waals surface area contributed by atoms with E-state index in [1.807, 2.05) is 24.4 Å². The van der Waals surface area contributed by atoms with Crippen molar-refractivity contribution in [2.24, 2.45) is 5.92 Å². The number of piperazine rings is 1. The summed E-state index contributed by atoms with van der Waals surface area (Å²) in [4.78, 5) is 34.4. The first-order chi connectivity index (χ1) is 15.4. The summed E-state index contributed by atoms with van der Waals surface area (Å²) in [6, 6.07) is 8.25. The summed E-state index contributed by atoms with van der Waals surface area (Å²) in [5.74, 6) is 0.277. The number of halogens is 1. The summed E-state index contributed by atoms with van der Waals surface area (Å²) in [5.41, 5.74) is -0.356. The van der Waals surface area contributed by atoms with Gasteiger partial charge in [-0.15, -0.1) is 0 Å². The van der Waals surface area contributed by atoms with Gasteiger partial charge >= 0.3 is 0 Å². The van der Waals surface area contributed by atoms with Gasteiger partial charge < -0.3 is 9.80 Å². The highest BCUT2D eigenvalue weighted by molar-refractivity contribution is 5.95. The van der Waals surface area contributed by atoms with Crippen molar-refractivity contribution in [2.45, 2.75) is 19.8 Å². The molecule has 2 aliphatic rings. The van der Waals surface area contributed by atoms with Gasteiger partial charge in [0.15, 0.2) is 0 Å². The van der Waals surface area contributed by atoms with Crippen molar-refractivity contribution in [3.8, 4) is 0 Å². The molecule has 2 fully saturated rings. The minimum Gasteiger partial charge on any atom is -0.354 e. The molecule has 4 rings (SSSR count). The third-order valence-electron chi connectivity index (χ3n) is 6.43. The molecule has 1 aromatic heterocycles. The number of aromatic nitrogens is 1. The second-order valence-corrected chi connectivity index (χ2v) is 8.59. The second-order valence-electron chi connectivity index (χ2n) is 8.59. The van der Waals surface area contributed by atoms with Crippen LogP contribution in [0.25, 0.3) is 0 Å². The monoisotopic (exact) mass is 441 g/mol. The first-order valence-electron chi connectivity index (χ1n) is 11.0. The highest BCUT2D eigenvalue weighted by Crippen LogP contribution is 2.26. The molecule has 1 atom stereocenters. The first kappa shape index (κ1) is 22.1. The van der Waals surface area contributed by atoms with Crippen LogP contribution in [0.4, 0.5) is 15.9 Å². The van der Waals surface area contributed by atoms with Gasteiger partial charge in [0.2, 0.25) is 0 Å². The number of benzene rings is 1. The number of hydrogen-bond acceptors (Lipinski definition) is 6. The lowest BCUT2D eigenvalue weighted by atomic mass is 9.96. The van der Waals surface area contributed by atoms with Crippen LogP contribution in [0.5, 0.6) is 0 Å². The third kappa shape index (κ3) is 4.88. The summed E-state index contributed by atoms with van der Waals surface area (Å²) in [6.07, 6.45) is 3.72. The van der Waals surface area contributed by atoms with E-state index in [-0.39, 0.29) is 22.7 Å². The number of rotatable bonds is 5. The molecule has 9 heteroatoms. The van der Waals surface area contributed by atoms with Crippen LogP contribution < -0.4 is 4.90 Å². The van der Waals surface area contributed by atoms with E-state index in [0.717, 1.165) is 57.4 Å². The Morgan fingerprint density at radius 1 is 1.22 bits per heavy atom. The van der Waals surface area contributed by atoms with Gasteiger partial charge in [0, 0.05) is 63.6 Å². The Balaban J connectivity index is 1.35. The van der Waals surface area contributed by atoms with E-state index < -0.39 is 10.7 Å². The number of nitro benzene ring substituents is 1. The number of anilines is 1. The number of piperidine rings is 1. The number of likely N-dealkylation sites (tertiary alicyclic amines) is 1. The maximum Gasteiger partial charge on any atom is 0.276 e. The van der Waals surface area contributed by atoms with Crippen LogP contribution in [-0.4, -0.2) is 71.4 Å². The number of nitrogens with zero attached hydrogens (tertiary/aromatic N) is 5. The summed E-state index contributed by atoms with van der Waals surface area (Å²) in [5, 5.41) is 11.2. The van der Waals surface area contributed by atoms with Crippen molar-refractivity contribution in [1.82, 2.24) is 14.8 Å². The highest BCUT2D eigenvalue weighted by Gasteiger charge is 2.29. The molecule has 0 spiro atoms. The van der Waals surface area contributed by atoms with Crippen molar-refractivity contribution in [1.29, 1.82) is 0 Å². The Labute approximate surface area is 186 Å². The van der Waals surface area contributed by atoms with Gasteiger partial charge in [0.1, 0.15) is 11.6 Å². The maximum atomic E-state index is 14.2. The van der Waals surface area contributed by atoms with Crippen molar-refractivity contribution < 1.29 is 14.1 Å². The summed E-state index contributed by atoms with van der Waals surface area (Å²) >= 11 is 0. The Morgan fingerprint density at radius 2 is 2.00 bits per heavy atom. The SMILES string of the molecule is Cc1c(F)cc(C(=O)N2CCCC(CN3CCN(c4ccccn4)CC3)C2)cc1[N+](=O)[O-]. The lowest BCUT2D eigenvalue weighted by Crippen LogP contribution is -2.50. The molecule has 8 nitrogen and oxygen atoms in total. The largest absolute Gasteiger partial charge is 0.354 e. The predicted molar refractivity (Wildman–Crippen MR) is 119 cm³/mol. The molecule has 0 saturated carbocycles. The van der Waals surface area contributed by atoms with E-state index in [1.165, 1.54) is 13.0 Å². The molecule has 2 aromatic rings. The standard InChI is InChI=1S/C23H28FN5O3/c1-17-20(24)13-19(14-21(17)29(31)32)23(30)28-8-4-5-18(16-28)15-26-9-11-27(12-10-26)22-6-2-3-7-25-22/h2-3,6-7,13-14,18H,4-5,8-12,15-16H2,1H3. The predicted octanol–water partition coefficient (Wildman–Crippen LogP) is 3.11. The van der Waals surface area contributed by atoms with E-state index in [2.05, 4.69) is 14.8 Å². The van der Waals surface area contributed by atoms with Gasteiger partial charge in [0.05, 0.1) is 10.5 Å². The minimum absolute atomic E-state index is 0.0458. The Kier molecular flexibility index (Phi) is 6.64. The molecular weight excluding hydrogens is 413 g/mol. The van der Waals surface area contributed by atoms with Crippen LogP contribution in [0.15, 0.2) is 36.5 Å². The number of hydrogen-bond donors (Lipinski definition) is 0. The second kappa shape index (κ2) is 9.60. The van der Waals surface area contributed by atoms with E-state index in [0.29, 0.717) is 19.0 Å². The van der Waals surface area contributed by atoms with Crippen LogP contribution in [0, 0.1) is 28.8 Å². The van der Waals surface area contributed by atoms with Crippen LogP contribution in [0.2, 0.25) is 0 Å². The van der Waals surface area contributed by atoms with Crippen molar-refractivity contribution in [2.75, 3.05) is 50.7 Å². The highest BCUT2D eigenvalue weighted by atomic mass is 19.1. The van der Waals surface area contributed by atoms with Gasteiger partial charge in [0.25, 0.3) is 11.6 Å². The van der Waals surface area contributed by atoms with Gasteiger partial charge in [-0.2, -0.15) is 0 Å². The lowest BCUT2D eigenvalue weighted by Gasteiger charge is -2.39. The van der Waals surface area contributed by atoms with Gasteiger partial charge in [-0.25, -0.2) is 9.37 Å². The van der Waals surface area contributed by atoms with Gasteiger partial charge in [-0.1, -0.05) is 6.07 Å². The molecule has 0 N–H and O–H groups in total. The molecule has 32 heavy (non-hydrogen) atoms. The Morgan fingerprint density at radius 3 is 2.69 bits per heavy atom. The summed E-state index contributed by atoms with van der Waals surface area (Å²) in [6.45, 7) is 7.15. The van der Waals surface area contributed by atoms with Crippen molar-refractivity contribution in [3.63, 3.8) is 0 Å². The molecule has 1 unspecified atom stereocenters. The number of amides is 1. The Hall–Kier alpha value is -3.07.